The average molecular weight is 235 g/mol. The Morgan fingerprint density at radius 2 is 2.35 bits per heavy atom. The third kappa shape index (κ3) is 2.46. The molecule has 0 bridgehead atoms. The van der Waals surface area contributed by atoms with Crippen molar-refractivity contribution >= 4 is 12.4 Å². The lowest BCUT2D eigenvalue weighted by molar-refractivity contribution is 0.234. The molecule has 17 heavy (non-hydrogen) atoms. The zero-order valence-corrected chi connectivity index (χ0v) is 10.1. The molecule has 92 valence electrons. The van der Waals surface area contributed by atoms with Crippen molar-refractivity contribution < 1.29 is 14.5 Å². The maximum atomic E-state index is 8.75. The molecule has 0 saturated carbocycles. The lowest BCUT2D eigenvalue weighted by atomic mass is 9.63. The van der Waals surface area contributed by atoms with Crippen LogP contribution in [-0.4, -0.2) is 31.8 Å². The van der Waals surface area contributed by atoms with Crippen molar-refractivity contribution in [3.63, 3.8) is 0 Å². The van der Waals surface area contributed by atoms with Crippen LogP contribution in [0.3, 0.4) is 0 Å². The van der Waals surface area contributed by atoms with Gasteiger partial charge in [0, 0.05) is 19.6 Å². The molecule has 0 radical (unpaired) electrons. The summed E-state index contributed by atoms with van der Waals surface area (Å²) in [5, 5.41) is 8.75. The Hall–Kier alpha value is -1.04. The number of aliphatic hydroxyl groups is 1. The molecule has 4 nitrogen and oxygen atoms in total. The molecule has 0 saturated heterocycles. The van der Waals surface area contributed by atoms with E-state index in [-0.39, 0.29) is 19.6 Å². The third-order valence-electron chi connectivity index (χ3n) is 3.00. The summed E-state index contributed by atoms with van der Waals surface area (Å²) in [6.07, 6.45) is 0.612. The summed E-state index contributed by atoms with van der Waals surface area (Å²) in [4.78, 5) is 0. The van der Waals surface area contributed by atoms with Crippen LogP contribution in [0.5, 0.6) is 5.75 Å². The molecule has 1 aliphatic heterocycles. The minimum Gasteiger partial charge on any atom is -0.494 e. The Morgan fingerprint density at radius 1 is 1.53 bits per heavy atom. The maximum absolute atomic E-state index is 8.75. The maximum Gasteiger partial charge on any atom is 0.328 e. The number of aliphatic hydroxyl groups excluding tert-OH is 1. The molecular formula is C12H18BNO3. The largest absolute Gasteiger partial charge is 0.494 e. The van der Waals surface area contributed by atoms with Gasteiger partial charge in [0.05, 0.1) is 12.7 Å². The molecule has 0 amide bonds. The van der Waals surface area contributed by atoms with Crippen LogP contribution in [0.1, 0.15) is 18.1 Å². The van der Waals surface area contributed by atoms with Gasteiger partial charge in [-0.1, -0.05) is 19.0 Å². The van der Waals surface area contributed by atoms with Crippen LogP contribution in [0, 0.1) is 0 Å². The second kappa shape index (κ2) is 5.53. The zero-order chi connectivity index (χ0) is 12.3. The van der Waals surface area contributed by atoms with Crippen LogP contribution in [0.25, 0.3) is 0 Å². The summed E-state index contributed by atoms with van der Waals surface area (Å²) in [7, 11) is 0. The van der Waals surface area contributed by atoms with E-state index in [4.69, 9.17) is 20.2 Å². The summed E-state index contributed by atoms with van der Waals surface area (Å²) in [5.41, 5.74) is 7.91. The Bertz CT molecular complexity index is 386. The van der Waals surface area contributed by atoms with E-state index >= 15 is 0 Å². The van der Waals surface area contributed by atoms with Crippen molar-refractivity contribution in [1.82, 2.24) is 0 Å². The van der Waals surface area contributed by atoms with Crippen molar-refractivity contribution in [2.75, 3.05) is 19.8 Å². The van der Waals surface area contributed by atoms with Gasteiger partial charge in [0.25, 0.3) is 0 Å². The van der Waals surface area contributed by atoms with Crippen molar-refractivity contribution in [3.05, 3.63) is 23.8 Å². The Balaban J connectivity index is 2.21. The molecule has 1 unspecified atom stereocenters. The molecule has 1 aromatic rings. The fraction of sp³-hybridized carbons (Fsp3) is 0.500. The molecule has 5 heteroatoms. The van der Waals surface area contributed by atoms with E-state index in [1.807, 2.05) is 25.0 Å². The van der Waals surface area contributed by atoms with E-state index in [0.717, 1.165) is 16.8 Å². The molecule has 1 aromatic carbocycles. The fourth-order valence-electron chi connectivity index (χ4n) is 2.22. The van der Waals surface area contributed by atoms with Gasteiger partial charge in [-0.05, 0) is 17.1 Å². The van der Waals surface area contributed by atoms with Gasteiger partial charge in [-0.3, -0.25) is 0 Å². The number of ether oxygens (including phenoxy) is 1. The molecule has 3 N–H and O–H groups in total. The van der Waals surface area contributed by atoms with Crippen LogP contribution in [0.4, 0.5) is 0 Å². The first kappa shape index (κ1) is 12.4. The predicted molar refractivity (Wildman–Crippen MR) is 67.8 cm³/mol. The first-order chi connectivity index (χ1) is 8.27. The summed E-state index contributed by atoms with van der Waals surface area (Å²) in [6, 6.07) is 5.93. The van der Waals surface area contributed by atoms with E-state index in [1.54, 1.807) is 0 Å². The number of benzene rings is 1. The van der Waals surface area contributed by atoms with E-state index in [1.165, 1.54) is 0 Å². The second-order valence-corrected chi connectivity index (χ2v) is 4.19. The predicted octanol–water partition coefficient (Wildman–Crippen LogP) is 0.306. The zero-order valence-electron chi connectivity index (χ0n) is 10.1. The summed E-state index contributed by atoms with van der Waals surface area (Å²) in [5.74, 6) is 0.847. The first-order valence-corrected chi connectivity index (χ1v) is 6.00. The SMILES string of the molecule is CB1OC(CN)c2cccc(OCCCO)c21. The Labute approximate surface area is 102 Å². The van der Waals surface area contributed by atoms with Crippen LogP contribution >= 0.6 is 0 Å². The average Bonchev–Trinajstić information content (AvgIpc) is 2.68. The minimum absolute atomic E-state index is 0.0175. The van der Waals surface area contributed by atoms with Gasteiger partial charge in [0.1, 0.15) is 5.75 Å². The summed E-state index contributed by atoms with van der Waals surface area (Å²) in [6.45, 7) is 3.17. The van der Waals surface area contributed by atoms with E-state index in [2.05, 4.69) is 0 Å². The van der Waals surface area contributed by atoms with E-state index in [0.29, 0.717) is 19.6 Å². The van der Waals surface area contributed by atoms with Gasteiger partial charge >= 0.3 is 6.92 Å². The highest BCUT2D eigenvalue weighted by atomic mass is 16.5. The molecule has 1 heterocycles. The summed E-state index contributed by atoms with van der Waals surface area (Å²) >= 11 is 0. The molecule has 1 atom stereocenters. The number of fused-ring (bicyclic) bond motifs is 1. The highest BCUT2D eigenvalue weighted by Gasteiger charge is 2.33. The highest BCUT2D eigenvalue weighted by molar-refractivity contribution is 6.68. The fourth-order valence-corrected chi connectivity index (χ4v) is 2.22. The molecular weight excluding hydrogens is 217 g/mol. The first-order valence-electron chi connectivity index (χ1n) is 6.00. The van der Waals surface area contributed by atoms with Crippen molar-refractivity contribution in [3.8, 4) is 5.75 Å². The van der Waals surface area contributed by atoms with E-state index in [9.17, 15) is 0 Å². The van der Waals surface area contributed by atoms with Crippen LogP contribution < -0.4 is 15.9 Å². The smallest absolute Gasteiger partial charge is 0.328 e. The van der Waals surface area contributed by atoms with Gasteiger partial charge in [-0.15, -0.1) is 0 Å². The van der Waals surface area contributed by atoms with Crippen LogP contribution in [0.2, 0.25) is 6.82 Å². The molecule has 0 fully saturated rings. The molecule has 0 aliphatic carbocycles. The number of hydrogen-bond donors (Lipinski definition) is 2. The number of nitrogens with two attached hydrogens (primary N) is 1. The lowest BCUT2D eigenvalue weighted by Crippen LogP contribution is -2.26. The minimum atomic E-state index is -0.0265. The van der Waals surface area contributed by atoms with Gasteiger partial charge in [0.15, 0.2) is 0 Å². The van der Waals surface area contributed by atoms with E-state index < -0.39 is 0 Å². The lowest BCUT2D eigenvalue weighted by Gasteiger charge is -2.11. The highest BCUT2D eigenvalue weighted by Crippen LogP contribution is 2.27. The van der Waals surface area contributed by atoms with Gasteiger partial charge in [0.2, 0.25) is 0 Å². The number of rotatable bonds is 5. The second-order valence-electron chi connectivity index (χ2n) is 4.19. The third-order valence-corrected chi connectivity index (χ3v) is 3.00. The van der Waals surface area contributed by atoms with Crippen molar-refractivity contribution in [2.24, 2.45) is 5.73 Å². The topological polar surface area (TPSA) is 64.7 Å². The molecule has 0 aromatic heterocycles. The van der Waals surface area contributed by atoms with Gasteiger partial charge in [-0.2, -0.15) is 0 Å². The molecule has 1 aliphatic rings. The molecule has 0 spiro atoms. The normalized spacial score (nSPS) is 18.3. The van der Waals surface area contributed by atoms with Crippen molar-refractivity contribution in [2.45, 2.75) is 19.3 Å². The standard InChI is InChI=1S/C12H18BNO3/c1-13-12-9(11(8-14)17-13)4-2-5-10(12)16-7-3-6-15/h2,4-5,11,15H,3,6-8,14H2,1H3. The van der Waals surface area contributed by atoms with Crippen LogP contribution in [-0.2, 0) is 4.65 Å². The summed E-state index contributed by atoms with van der Waals surface area (Å²) < 4.78 is 11.4. The van der Waals surface area contributed by atoms with Crippen LogP contribution in [0.15, 0.2) is 18.2 Å². The Kier molecular flexibility index (Phi) is 4.04. The monoisotopic (exact) mass is 235 g/mol. The van der Waals surface area contributed by atoms with Gasteiger partial charge < -0.3 is 20.2 Å². The molecule has 2 rings (SSSR count). The quantitative estimate of drug-likeness (QED) is 0.569. The van der Waals surface area contributed by atoms with Crippen molar-refractivity contribution in [1.29, 1.82) is 0 Å². The Morgan fingerprint density at radius 3 is 3.06 bits per heavy atom. The number of hydrogen-bond acceptors (Lipinski definition) is 4. The van der Waals surface area contributed by atoms with Gasteiger partial charge in [-0.25, -0.2) is 0 Å².